The molecule has 2 N–H and O–H groups in total. The van der Waals surface area contributed by atoms with E-state index in [1.807, 2.05) is 36.4 Å². The van der Waals surface area contributed by atoms with Crippen molar-refractivity contribution < 1.29 is 18.9 Å². The number of ether oxygens (including phenoxy) is 4. The molecule has 0 radical (unpaired) electrons. The third kappa shape index (κ3) is 5.58. The van der Waals surface area contributed by atoms with Crippen LogP contribution in [0.5, 0.6) is 23.0 Å². The molecule has 0 unspecified atom stereocenters. The number of hydrogen-bond acceptors (Lipinski definition) is 6. The Balaban J connectivity index is 1.65. The molecule has 2 aromatic carbocycles. The van der Waals surface area contributed by atoms with Crippen LogP contribution in [0, 0.1) is 0 Å². The van der Waals surface area contributed by atoms with Crippen molar-refractivity contribution in [2.24, 2.45) is 0 Å². The van der Waals surface area contributed by atoms with E-state index in [1.54, 1.807) is 28.4 Å². The van der Waals surface area contributed by atoms with Gasteiger partial charge in [-0.2, -0.15) is 0 Å². The van der Waals surface area contributed by atoms with Gasteiger partial charge in [-0.05, 0) is 49.2 Å². The van der Waals surface area contributed by atoms with Crippen LogP contribution < -0.4 is 29.6 Å². The molecule has 6 heteroatoms. The van der Waals surface area contributed by atoms with Gasteiger partial charge in [0.05, 0.1) is 28.4 Å². The normalized spacial score (nSPS) is 18.7. The minimum Gasteiger partial charge on any atom is -0.497 e. The van der Waals surface area contributed by atoms with E-state index in [9.17, 15) is 0 Å². The molecule has 0 spiro atoms. The van der Waals surface area contributed by atoms with Crippen molar-refractivity contribution in [3.63, 3.8) is 0 Å². The maximum absolute atomic E-state index is 5.53. The van der Waals surface area contributed by atoms with Gasteiger partial charge in [0, 0.05) is 36.3 Å². The smallest absolute Gasteiger partial charge is 0.123 e. The van der Waals surface area contributed by atoms with Gasteiger partial charge in [0.15, 0.2) is 0 Å². The fourth-order valence-electron chi connectivity index (χ4n) is 4.14. The highest BCUT2D eigenvalue weighted by atomic mass is 16.5. The Morgan fingerprint density at radius 1 is 0.667 bits per heavy atom. The second kappa shape index (κ2) is 11.1. The molecule has 164 valence electrons. The molecule has 1 aliphatic carbocycles. The summed E-state index contributed by atoms with van der Waals surface area (Å²) in [4.78, 5) is 0. The minimum atomic E-state index is 0.395. The zero-order valence-corrected chi connectivity index (χ0v) is 18.5. The molecule has 0 aromatic heterocycles. The molecule has 1 aliphatic rings. The Labute approximate surface area is 179 Å². The lowest BCUT2D eigenvalue weighted by Gasteiger charge is -2.33. The molecule has 0 heterocycles. The Morgan fingerprint density at radius 2 is 1.10 bits per heavy atom. The molecule has 30 heavy (non-hydrogen) atoms. The van der Waals surface area contributed by atoms with Crippen molar-refractivity contribution in [3.8, 4) is 23.0 Å². The molecule has 1 saturated carbocycles. The van der Waals surface area contributed by atoms with Gasteiger partial charge >= 0.3 is 0 Å². The molecular weight excluding hydrogens is 380 g/mol. The predicted octanol–water partition coefficient (Wildman–Crippen LogP) is 3.91. The number of hydrogen-bond donors (Lipinski definition) is 2. The Bertz CT molecular complexity index is 744. The summed E-state index contributed by atoms with van der Waals surface area (Å²) in [6, 6.07) is 12.6. The first kappa shape index (κ1) is 22.2. The van der Waals surface area contributed by atoms with E-state index in [0.717, 1.165) is 60.1 Å². The van der Waals surface area contributed by atoms with E-state index < -0.39 is 0 Å². The maximum Gasteiger partial charge on any atom is 0.123 e. The summed E-state index contributed by atoms with van der Waals surface area (Å²) in [7, 11) is 6.79. The van der Waals surface area contributed by atoms with Gasteiger partial charge in [-0.1, -0.05) is 12.8 Å². The largest absolute Gasteiger partial charge is 0.497 e. The summed E-state index contributed by atoms with van der Waals surface area (Å²) < 4.78 is 21.8. The molecule has 2 aromatic rings. The van der Waals surface area contributed by atoms with Crippen LogP contribution in [-0.2, 0) is 13.1 Å². The third-order valence-corrected chi connectivity index (χ3v) is 5.85. The van der Waals surface area contributed by atoms with E-state index in [0.29, 0.717) is 12.1 Å². The molecular formula is C24H34N2O4. The molecule has 3 rings (SSSR count). The summed E-state index contributed by atoms with van der Waals surface area (Å²) in [5.41, 5.74) is 2.21. The predicted molar refractivity (Wildman–Crippen MR) is 119 cm³/mol. The standard InChI is InChI=1S/C24H34N2O4/c1-27-19-9-11-23(29-3)17(13-19)15-25-21-7-5-6-8-22(21)26-16-18-14-20(28-2)10-12-24(18)30-4/h9-14,21-22,25-26H,5-8,15-16H2,1-4H3/t21-,22-/m1/s1. The molecule has 0 saturated heterocycles. The number of rotatable bonds is 10. The number of benzene rings is 2. The van der Waals surface area contributed by atoms with Crippen LogP contribution in [0.3, 0.4) is 0 Å². The Hall–Kier alpha value is -2.44. The number of methoxy groups -OCH3 is 4. The van der Waals surface area contributed by atoms with Crippen LogP contribution in [0.15, 0.2) is 36.4 Å². The Morgan fingerprint density at radius 3 is 1.47 bits per heavy atom. The maximum atomic E-state index is 5.53. The second-order valence-electron chi connectivity index (χ2n) is 7.61. The SMILES string of the molecule is COc1ccc(OC)c(CN[C@@H]2CCCC[C@H]2NCc2cc(OC)ccc2OC)c1. The summed E-state index contributed by atoms with van der Waals surface area (Å²) >= 11 is 0. The van der Waals surface area contributed by atoms with Crippen molar-refractivity contribution in [3.05, 3.63) is 47.5 Å². The van der Waals surface area contributed by atoms with Crippen molar-refractivity contribution in [1.82, 2.24) is 10.6 Å². The average Bonchev–Trinajstić information content (AvgIpc) is 2.81. The van der Waals surface area contributed by atoms with Crippen LogP contribution in [0.2, 0.25) is 0 Å². The first-order valence-electron chi connectivity index (χ1n) is 10.6. The van der Waals surface area contributed by atoms with E-state index in [2.05, 4.69) is 10.6 Å². The lowest BCUT2D eigenvalue weighted by atomic mass is 9.90. The topological polar surface area (TPSA) is 61.0 Å². The lowest BCUT2D eigenvalue weighted by Crippen LogP contribution is -2.49. The zero-order valence-electron chi connectivity index (χ0n) is 18.5. The molecule has 0 aliphatic heterocycles. The summed E-state index contributed by atoms with van der Waals surface area (Å²) in [6.07, 6.45) is 4.79. The van der Waals surface area contributed by atoms with Crippen molar-refractivity contribution in [1.29, 1.82) is 0 Å². The van der Waals surface area contributed by atoms with Gasteiger partial charge in [0.1, 0.15) is 23.0 Å². The minimum absolute atomic E-state index is 0.395. The monoisotopic (exact) mass is 414 g/mol. The number of nitrogens with one attached hydrogen (secondary N) is 2. The first-order chi connectivity index (χ1) is 14.7. The van der Waals surface area contributed by atoms with Gasteiger partial charge in [0.2, 0.25) is 0 Å². The van der Waals surface area contributed by atoms with Gasteiger partial charge in [-0.15, -0.1) is 0 Å². The highest BCUT2D eigenvalue weighted by molar-refractivity contribution is 5.41. The van der Waals surface area contributed by atoms with Gasteiger partial charge < -0.3 is 29.6 Å². The summed E-state index contributed by atoms with van der Waals surface area (Å²) in [5, 5.41) is 7.49. The fourth-order valence-corrected chi connectivity index (χ4v) is 4.14. The van der Waals surface area contributed by atoms with Crippen LogP contribution in [0.1, 0.15) is 36.8 Å². The van der Waals surface area contributed by atoms with Crippen LogP contribution >= 0.6 is 0 Å². The van der Waals surface area contributed by atoms with E-state index in [1.165, 1.54) is 12.8 Å². The Kier molecular flexibility index (Phi) is 8.22. The molecule has 1 fully saturated rings. The van der Waals surface area contributed by atoms with Crippen molar-refractivity contribution in [2.75, 3.05) is 28.4 Å². The zero-order chi connectivity index (χ0) is 21.3. The van der Waals surface area contributed by atoms with E-state index >= 15 is 0 Å². The molecule has 2 atom stereocenters. The van der Waals surface area contributed by atoms with Gasteiger partial charge in [-0.25, -0.2) is 0 Å². The molecule has 6 nitrogen and oxygen atoms in total. The average molecular weight is 415 g/mol. The van der Waals surface area contributed by atoms with Crippen LogP contribution in [-0.4, -0.2) is 40.5 Å². The van der Waals surface area contributed by atoms with Crippen LogP contribution in [0.25, 0.3) is 0 Å². The molecule has 0 bridgehead atoms. The molecule has 0 amide bonds. The van der Waals surface area contributed by atoms with E-state index in [4.69, 9.17) is 18.9 Å². The van der Waals surface area contributed by atoms with Crippen LogP contribution in [0.4, 0.5) is 0 Å². The summed E-state index contributed by atoms with van der Waals surface area (Å²) in [6.45, 7) is 1.48. The second-order valence-corrected chi connectivity index (χ2v) is 7.61. The highest BCUT2D eigenvalue weighted by Gasteiger charge is 2.25. The summed E-state index contributed by atoms with van der Waals surface area (Å²) in [5.74, 6) is 3.45. The van der Waals surface area contributed by atoms with E-state index in [-0.39, 0.29) is 0 Å². The highest BCUT2D eigenvalue weighted by Crippen LogP contribution is 2.27. The lowest BCUT2D eigenvalue weighted by molar-refractivity contribution is 0.278. The van der Waals surface area contributed by atoms with Gasteiger partial charge in [0.25, 0.3) is 0 Å². The van der Waals surface area contributed by atoms with Gasteiger partial charge in [-0.3, -0.25) is 0 Å². The fraction of sp³-hybridized carbons (Fsp3) is 0.500. The first-order valence-corrected chi connectivity index (χ1v) is 10.6. The third-order valence-electron chi connectivity index (χ3n) is 5.85. The quantitative estimate of drug-likeness (QED) is 0.615. The van der Waals surface area contributed by atoms with Crippen molar-refractivity contribution in [2.45, 2.75) is 50.9 Å². The van der Waals surface area contributed by atoms with Crippen molar-refractivity contribution >= 4 is 0 Å².